The minimum atomic E-state index is -3.89. The molecule has 2 amide bonds. The zero-order valence-corrected chi connectivity index (χ0v) is 24.5. The number of guanidine groups is 1. The normalized spacial score (nSPS) is 15.2. The molecule has 1 aliphatic heterocycles. The SMILES string of the molecule is Cc1ccc(S(=O)(=O)NCC(=O)N2CCC[C@H]2C(=O)NC(CCCNC(=N)N)C(=O)O)cc1.Nc1ccc(O)c(Cl)c1. The van der Waals surface area contributed by atoms with Crippen molar-refractivity contribution in [3.8, 4) is 5.75 Å². The van der Waals surface area contributed by atoms with Gasteiger partial charge in [0.25, 0.3) is 0 Å². The van der Waals surface area contributed by atoms with Crippen molar-refractivity contribution in [2.24, 2.45) is 5.73 Å². The van der Waals surface area contributed by atoms with Gasteiger partial charge in [-0.3, -0.25) is 15.0 Å². The standard InChI is InChI=1S/C20H30N6O6S.C6H6ClNO/c1-13-6-8-14(9-7-13)33(31,32)24-12-17(27)26-11-3-5-16(26)18(28)25-15(19(29)30)4-2-10-23-20(21)22;7-5-3-4(8)1-2-6(5)9/h6-9,15-16,24H,2-5,10-12H2,1H3,(H,25,28)(H,29,30)(H4,21,22,23);1-3,9H,8H2/t15?,16-;/m0./s1. The van der Waals surface area contributed by atoms with Gasteiger partial charge in [-0.1, -0.05) is 29.3 Å². The van der Waals surface area contributed by atoms with Crippen LogP contribution in [0.5, 0.6) is 5.75 Å². The van der Waals surface area contributed by atoms with Gasteiger partial charge >= 0.3 is 5.97 Å². The van der Waals surface area contributed by atoms with Gasteiger partial charge in [0.1, 0.15) is 17.8 Å². The lowest BCUT2D eigenvalue weighted by atomic mass is 10.1. The maximum atomic E-state index is 12.7. The molecule has 10 N–H and O–H groups in total. The highest BCUT2D eigenvalue weighted by molar-refractivity contribution is 7.89. The molecular weight excluding hydrogens is 590 g/mol. The topological polar surface area (TPSA) is 241 Å². The fraction of sp³-hybridized carbons (Fsp3) is 0.385. The molecule has 0 radical (unpaired) electrons. The highest BCUT2D eigenvalue weighted by atomic mass is 35.5. The number of anilines is 1. The Morgan fingerprint density at radius 2 is 1.86 bits per heavy atom. The molecule has 2 atom stereocenters. The van der Waals surface area contributed by atoms with E-state index < -0.39 is 46.4 Å². The molecule has 16 heteroatoms. The third-order valence-corrected chi connectivity index (χ3v) is 7.91. The molecule has 1 unspecified atom stereocenters. The fourth-order valence-corrected chi connectivity index (χ4v) is 5.14. The Morgan fingerprint density at radius 3 is 2.43 bits per heavy atom. The van der Waals surface area contributed by atoms with Crippen LogP contribution >= 0.6 is 11.6 Å². The number of amides is 2. The number of aryl methyl sites for hydroxylation is 1. The molecule has 2 aromatic rings. The number of benzene rings is 2. The number of aliphatic carboxylic acids is 1. The summed E-state index contributed by atoms with van der Waals surface area (Å²) in [5, 5.41) is 30.6. The van der Waals surface area contributed by atoms with Crippen LogP contribution < -0.4 is 26.8 Å². The minimum Gasteiger partial charge on any atom is -0.506 e. The van der Waals surface area contributed by atoms with E-state index in [0.717, 1.165) is 5.56 Å². The van der Waals surface area contributed by atoms with E-state index in [-0.39, 0.29) is 41.1 Å². The molecule has 3 rings (SSSR count). The van der Waals surface area contributed by atoms with E-state index in [1.54, 1.807) is 18.2 Å². The first-order chi connectivity index (χ1) is 19.7. The Labute approximate surface area is 249 Å². The monoisotopic (exact) mass is 625 g/mol. The van der Waals surface area contributed by atoms with E-state index in [4.69, 9.17) is 33.6 Å². The highest BCUT2D eigenvalue weighted by Gasteiger charge is 2.36. The van der Waals surface area contributed by atoms with E-state index in [9.17, 15) is 27.9 Å². The van der Waals surface area contributed by atoms with Gasteiger partial charge in [0.05, 0.1) is 16.5 Å². The molecule has 14 nitrogen and oxygen atoms in total. The average Bonchev–Trinajstić information content (AvgIpc) is 3.42. The zero-order valence-electron chi connectivity index (χ0n) is 23.0. The smallest absolute Gasteiger partial charge is 0.326 e. The van der Waals surface area contributed by atoms with Gasteiger partial charge in [-0.25, -0.2) is 17.9 Å². The van der Waals surface area contributed by atoms with Crippen molar-refractivity contribution in [1.82, 2.24) is 20.3 Å². The number of aromatic hydroxyl groups is 1. The number of carbonyl (C=O) groups is 3. The van der Waals surface area contributed by atoms with Crippen LogP contribution in [0.3, 0.4) is 0 Å². The van der Waals surface area contributed by atoms with E-state index in [0.29, 0.717) is 24.9 Å². The Bertz CT molecular complexity index is 1370. The predicted octanol–water partition coefficient (Wildman–Crippen LogP) is 0.725. The number of hydrogen-bond donors (Lipinski definition) is 8. The van der Waals surface area contributed by atoms with Crippen molar-refractivity contribution in [2.45, 2.75) is 49.6 Å². The fourth-order valence-electron chi connectivity index (χ4n) is 3.97. The number of nitrogens with zero attached hydrogens (tertiary/aromatic N) is 1. The van der Waals surface area contributed by atoms with Crippen molar-refractivity contribution in [2.75, 3.05) is 25.4 Å². The van der Waals surface area contributed by atoms with Crippen LogP contribution in [0, 0.1) is 12.3 Å². The van der Waals surface area contributed by atoms with Crippen molar-refractivity contribution in [3.63, 3.8) is 0 Å². The summed E-state index contributed by atoms with van der Waals surface area (Å²) in [6.45, 7) is 1.86. The lowest BCUT2D eigenvalue weighted by Gasteiger charge is -2.25. The van der Waals surface area contributed by atoms with Crippen molar-refractivity contribution < 1.29 is 33.0 Å². The maximum Gasteiger partial charge on any atom is 0.326 e. The number of phenols is 1. The van der Waals surface area contributed by atoms with Crippen LogP contribution in [0.15, 0.2) is 47.4 Å². The molecule has 0 saturated carbocycles. The van der Waals surface area contributed by atoms with Crippen molar-refractivity contribution in [3.05, 3.63) is 53.1 Å². The summed E-state index contributed by atoms with van der Waals surface area (Å²) in [6, 6.07) is 8.66. The number of phenolic OH excluding ortho intramolecular Hbond substituents is 1. The molecule has 1 fully saturated rings. The summed E-state index contributed by atoms with van der Waals surface area (Å²) in [4.78, 5) is 38.1. The molecule has 42 heavy (non-hydrogen) atoms. The minimum absolute atomic E-state index is 0.0279. The number of carboxylic acids is 1. The van der Waals surface area contributed by atoms with Crippen LogP contribution in [0.25, 0.3) is 0 Å². The number of nitrogens with one attached hydrogen (secondary N) is 4. The quantitative estimate of drug-likeness (QED) is 0.0572. The van der Waals surface area contributed by atoms with Gasteiger partial charge in [0, 0.05) is 18.8 Å². The molecule has 0 bridgehead atoms. The number of halogens is 1. The number of nitrogen functional groups attached to an aromatic ring is 1. The third-order valence-electron chi connectivity index (χ3n) is 6.19. The van der Waals surface area contributed by atoms with E-state index >= 15 is 0 Å². The van der Waals surface area contributed by atoms with Gasteiger partial charge in [-0.2, -0.15) is 0 Å². The summed E-state index contributed by atoms with van der Waals surface area (Å²) in [6.07, 6.45) is 1.35. The van der Waals surface area contributed by atoms with Crippen LogP contribution in [-0.2, 0) is 24.4 Å². The van der Waals surface area contributed by atoms with Gasteiger partial charge in [0.15, 0.2) is 5.96 Å². The molecule has 0 aromatic heterocycles. The first-order valence-electron chi connectivity index (χ1n) is 12.9. The number of sulfonamides is 1. The number of nitrogens with two attached hydrogens (primary N) is 2. The first-order valence-corrected chi connectivity index (χ1v) is 14.8. The lowest BCUT2D eigenvalue weighted by Crippen LogP contribution is -2.52. The number of rotatable bonds is 11. The summed E-state index contributed by atoms with van der Waals surface area (Å²) in [7, 11) is -3.89. The summed E-state index contributed by atoms with van der Waals surface area (Å²) in [5.41, 5.74) is 12.0. The van der Waals surface area contributed by atoms with E-state index in [2.05, 4.69) is 15.4 Å². The highest BCUT2D eigenvalue weighted by Crippen LogP contribution is 2.24. The molecule has 0 aliphatic carbocycles. The zero-order chi connectivity index (χ0) is 31.4. The Balaban J connectivity index is 0.000000581. The lowest BCUT2D eigenvalue weighted by molar-refractivity contribution is -0.143. The maximum absolute atomic E-state index is 12.7. The van der Waals surface area contributed by atoms with E-state index in [1.807, 2.05) is 6.92 Å². The molecule has 230 valence electrons. The third kappa shape index (κ3) is 10.7. The Hall–Kier alpha value is -4.08. The van der Waals surface area contributed by atoms with Crippen molar-refractivity contribution >= 4 is 51.1 Å². The molecular formula is C26H36ClN7O7S. The second-order valence-corrected chi connectivity index (χ2v) is 11.6. The van der Waals surface area contributed by atoms with Crippen LogP contribution in [0.2, 0.25) is 5.02 Å². The summed E-state index contributed by atoms with van der Waals surface area (Å²) in [5.74, 6) is -2.56. The summed E-state index contributed by atoms with van der Waals surface area (Å²) < 4.78 is 27.1. The molecule has 1 aliphatic rings. The van der Waals surface area contributed by atoms with Crippen molar-refractivity contribution in [1.29, 1.82) is 5.41 Å². The number of likely N-dealkylation sites (tertiary alicyclic amines) is 1. The average molecular weight is 626 g/mol. The van der Waals surface area contributed by atoms with Crippen LogP contribution in [0.4, 0.5) is 5.69 Å². The van der Waals surface area contributed by atoms with Gasteiger partial charge < -0.3 is 37.2 Å². The Morgan fingerprint density at radius 1 is 1.19 bits per heavy atom. The molecule has 1 saturated heterocycles. The number of hydrogen-bond acceptors (Lipinski definition) is 8. The summed E-state index contributed by atoms with van der Waals surface area (Å²) >= 11 is 5.48. The van der Waals surface area contributed by atoms with Crippen LogP contribution in [-0.4, -0.2) is 79.0 Å². The second-order valence-electron chi connectivity index (χ2n) is 9.48. The van der Waals surface area contributed by atoms with Gasteiger partial charge in [-0.05, 0) is 62.9 Å². The van der Waals surface area contributed by atoms with Crippen LogP contribution in [0.1, 0.15) is 31.2 Å². The van der Waals surface area contributed by atoms with Gasteiger partial charge in [0.2, 0.25) is 21.8 Å². The molecule has 2 aromatic carbocycles. The predicted molar refractivity (Wildman–Crippen MR) is 157 cm³/mol. The second kappa shape index (κ2) is 15.8. The molecule has 0 spiro atoms. The van der Waals surface area contributed by atoms with Gasteiger partial charge in [-0.15, -0.1) is 0 Å². The van der Waals surface area contributed by atoms with E-state index in [1.165, 1.54) is 29.2 Å². The first kappa shape index (κ1) is 34.1. The number of carboxylic acid groups (broad SMARTS) is 1. The largest absolute Gasteiger partial charge is 0.506 e. The number of carbonyl (C=O) groups excluding carboxylic acids is 2. The molecule has 1 heterocycles. The Kier molecular flexibility index (Phi) is 12.8.